The maximum Gasteiger partial charge on any atom is 0.416 e. The molecule has 0 aliphatic heterocycles. The van der Waals surface area contributed by atoms with E-state index in [0.29, 0.717) is 33.8 Å². The van der Waals surface area contributed by atoms with Gasteiger partial charge in [0.25, 0.3) is 0 Å². The third-order valence-electron chi connectivity index (χ3n) is 4.50. The lowest BCUT2D eigenvalue weighted by Gasteiger charge is -2.17. The Morgan fingerprint density at radius 2 is 1.70 bits per heavy atom. The van der Waals surface area contributed by atoms with Crippen LogP contribution < -0.4 is 0 Å². The van der Waals surface area contributed by atoms with E-state index in [0.717, 1.165) is 12.1 Å². The number of benzene rings is 2. The molecule has 0 unspecified atom stereocenters. The molecule has 0 saturated heterocycles. The van der Waals surface area contributed by atoms with Crippen molar-refractivity contribution in [2.24, 2.45) is 12.0 Å². The quantitative estimate of drug-likeness (QED) is 0.536. The molecule has 0 spiro atoms. The Labute approximate surface area is 153 Å². The van der Waals surface area contributed by atoms with Gasteiger partial charge < -0.3 is 4.57 Å². The van der Waals surface area contributed by atoms with Crippen molar-refractivity contribution in [2.75, 3.05) is 0 Å². The molecule has 2 aromatic carbocycles. The molecule has 4 nitrogen and oxygen atoms in total. The average molecular weight is 369 g/mol. The fourth-order valence-corrected chi connectivity index (χ4v) is 3.14. The van der Waals surface area contributed by atoms with Gasteiger partial charge in [0.1, 0.15) is 11.4 Å². The van der Waals surface area contributed by atoms with Crippen LogP contribution in [0, 0.1) is 0 Å². The predicted molar refractivity (Wildman–Crippen MR) is 93.9 cm³/mol. The van der Waals surface area contributed by atoms with Gasteiger partial charge in [-0.1, -0.05) is 36.4 Å². The number of imidazole rings is 1. The minimum absolute atomic E-state index is 0.117. The molecule has 0 fully saturated rings. The van der Waals surface area contributed by atoms with E-state index >= 15 is 0 Å². The van der Waals surface area contributed by atoms with Crippen molar-refractivity contribution in [3.05, 3.63) is 88.5 Å². The standard InChI is InChI=1S/C20H14F3N3O/c1-26-11-25-17-16(14-4-2-3-5-15(14)19(27)18(17)26)24-10-12-6-8-13(9-7-12)20(21,22)23/h2-9,11H,10H2,1H3/b24-16-. The molecule has 136 valence electrons. The van der Waals surface area contributed by atoms with E-state index in [1.54, 1.807) is 36.1 Å². The van der Waals surface area contributed by atoms with Gasteiger partial charge in [-0.15, -0.1) is 0 Å². The first kappa shape index (κ1) is 17.2. The van der Waals surface area contributed by atoms with Crippen molar-refractivity contribution in [3.63, 3.8) is 0 Å². The van der Waals surface area contributed by atoms with Crippen LogP contribution in [-0.4, -0.2) is 21.0 Å². The molecule has 7 heteroatoms. The number of hydrogen-bond donors (Lipinski definition) is 0. The number of aryl methyl sites for hydroxylation is 1. The Hall–Kier alpha value is -3.22. The highest BCUT2D eigenvalue weighted by Crippen LogP contribution is 2.30. The molecule has 1 aliphatic rings. The van der Waals surface area contributed by atoms with Gasteiger partial charge in [0.15, 0.2) is 0 Å². The third kappa shape index (κ3) is 2.95. The molecule has 1 heterocycles. The molecule has 3 aromatic rings. The van der Waals surface area contributed by atoms with Gasteiger partial charge in [0.05, 0.1) is 24.1 Å². The first-order chi connectivity index (χ1) is 12.9. The molecule has 0 amide bonds. The molecular weight excluding hydrogens is 355 g/mol. The maximum atomic E-state index is 12.7. The van der Waals surface area contributed by atoms with Gasteiger partial charge in [-0.25, -0.2) is 4.98 Å². The van der Waals surface area contributed by atoms with Crippen LogP contribution in [0.4, 0.5) is 13.2 Å². The number of fused-ring (bicyclic) bond motifs is 2. The van der Waals surface area contributed by atoms with Crippen LogP contribution in [0.2, 0.25) is 0 Å². The second kappa shape index (κ2) is 6.19. The fourth-order valence-electron chi connectivity index (χ4n) is 3.14. The molecule has 27 heavy (non-hydrogen) atoms. The minimum atomic E-state index is -4.37. The molecule has 4 rings (SSSR count). The van der Waals surface area contributed by atoms with Crippen molar-refractivity contribution in [2.45, 2.75) is 12.7 Å². The number of ketones is 1. The highest BCUT2D eigenvalue weighted by Gasteiger charge is 2.32. The molecule has 0 saturated carbocycles. The third-order valence-corrected chi connectivity index (χ3v) is 4.50. The molecule has 1 aliphatic carbocycles. The summed E-state index contributed by atoms with van der Waals surface area (Å²) in [7, 11) is 1.74. The molecular formula is C20H14F3N3O. The number of rotatable bonds is 2. The largest absolute Gasteiger partial charge is 0.416 e. The Bertz CT molecular complexity index is 1060. The van der Waals surface area contributed by atoms with Gasteiger partial charge in [0, 0.05) is 18.2 Å². The fraction of sp³-hybridized carbons (Fsp3) is 0.150. The number of carbonyl (C=O) groups excluding carboxylic acids is 1. The predicted octanol–water partition coefficient (Wildman–Crippen LogP) is 4.02. The summed E-state index contributed by atoms with van der Waals surface area (Å²) in [6.45, 7) is 0.187. The lowest BCUT2D eigenvalue weighted by Crippen LogP contribution is -2.23. The summed E-state index contributed by atoms with van der Waals surface area (Å²) in [5, 5.41) is 0. The van der Waals surface area contributed by atoms with E-state index in [2.05, 4.69) is 9.98 Å². The second-order valence-electron chi connectivity index (χ2n) is 6.29. The smallest absolute Gasteiger partial charge is 0.330 e. The van der Waals surface area contributed by atoms with Crippen LogP contribution in [0.25, 0.3) is 0 Å². The highest BCUT2D eigenvalue weighted by atomic mass is 19.4. The van der Waals surface area contributed by atoms with E-state index in [1.165, 1.54) is 12.1 Å². The van der Waals surface area contributed by atoms with E-state index in [1.807, 2.05) is 6.07 Å². The Morgan fingerprint density at radius 1 is 1.04 bits per heavy atom. The summed E-state index contributed by atoms with van der Waals surface area (Å²) >= 11 is 0. The first-order valence-electron chi connectivity index (χ1n) is 8.22. The van der Waals surface area contributed by atoms with Crippen molar-refractivity contribution in [1.29, 1.82) is 0 Å². The van der Waals surface area contributed by atoms with Crippen LogP contribution in [0.1, 0.15) is 38.4 Å². The van der Waals surface area contributed by atoms with E-state index in [-0.39, 0.29) is 12.3 Å². The molecule has 0 atom stereocenters. The number of aliphatic imine (C=N–C) groups is 1. The first-order valence-corrected chi connectivity index (χ1v) is 8.22. The van der Waals surface area contributed by atoms with Crippen molar-refractivity contribution < 1.29 is 18.0 Å². The summed E-state index contributed by atoms with van der Waals surface area (Å²) in [4.78, 5) is 21.6. The van der Waals surface area contributed by atoms with Gasteiger partial charge in [-0.2, -0.15) is 13.2 Å². The lowest BCUT2D eigenvalue weighted by atomic mass is 9.89. The molecule has 0 N–H and O–H groups in total. The van der Waals surface area contributed by atoms with Crippen molar-refractivity contribution in [3.8, 4) is 0 Å². The van der Waals surface area contributed by atoms with Crippen LogP contribution in [0.3, 0.4) is 0 Å². The van der Waals surface area contributed by atoms with Gasteiger partial charge >= 0.3 is 6.18 Å². The van der Waals surface area contributed by atoms with Crippen molar-refractivity contribution >= 4 is 11.5 Å². The number of halogens is 3. The lowest BCUT2D eigenvalue weighted by molar-refractivity contribution is -0.137. The Morgan fingerprint density at radius 3 is 2.37 bits per heavy atom. The van der Waals surface area contributed by atoms with E-state index in [9.17, 15) is 18.0 Å². The Kier molecular flexibility index (Phi) is 3.95. The van der Waals surface area contributed by atoms with E-state index in [4.69, 9.17) is 0 Å². The molecule has 1 aromatic heterocycles. The SMILES string of the molecule is Cn1cnc2c1C(=O)c1ccccc1/C2=N/Cc1ccc(C(F)(F)F)cc1. The summed E-state index contributed by atoms with van der Waals surface area (Å²) in [5.74, 6) is -0.117. The average Bonchev–Trinajstić information content (AvgIpc) is 3.03. The normalized spacial score (nSPS) is 15.0. The molecule has 0 bridgehead atoms. The summed E-state index contributed by atoms with van der Waals surface area (Å²) < 4.78 is 39.7. The van der Waals surface area contributed by atoms with Gasteiger partial charge in [0.2, 0.25) is 5.78 Å². The van der Waals surface area contributed by atoms with Crippen LogP contribution >= 0.6 is 0 Å². The van der Waals surface area contributed by atoms with Crippen LogP contribution in [-0.2, 0) is 19.8 Å². The monoisotopic (exact) mass is 369 g/mol. The second-order valence-corrected chi connectivity index (χ2v) is 6.29. The Balaban J connectivity index is 1.73. The summed E-state index contributed by atoms with van der Waals surface area (Å²) in [5.41, 5.74) is 2.69. The number of alkyl halides is 3. The topological polar surface area (TPSA) is 47.2 Å². The molecule has 0 radical (unpaired) electrons. The number of hydrogen-bond acceptors (Lipinski definition) is 3. The zero-order valence-corrected chi connectivity index (χ0v) is 14.3. The van der Waals surface area contributed by atoms with Crippen LogP contribution in [0.15, 0.2) is 59.9 Å². The highest BCUT2D eigenvalue weighted by molar-refractivity contribution is 6.28. The van der Waals surface area contributed by atoms with Crippen LogP contribution in [0.5, 0.6) is 0 Å². The zero-order valence-electron chi connectivity index (χ0n) is 14.3. The van der Waals surface area contributed by atoms with Crippen molar-refractivity contribution in [1.82, 2.24) is 9.55 Å². The summed E-state index contributed by atoms with van der Waals surface area (Å²) in [6.07, 6.45) is -2.81. The number of carbonyl (C=O) groups is 1. The summed E-state index contributed by atoms with van der Waals surface area (Å²) in [6, 6.07) is 12.0. The number of aromatic nitrogens is 2. The van der Waals surface area contributed by atoms with Gasteiger partial charge in [-0.05, 0) is 17.7 Å². The van der Waals surface area contributed by atoms with E-state index < -0.39 is 11.7 Å². The number of nitrogens with zero attached hydrogens (tertiary/aromatic N) is 3. The zero-order chi connectivity index (χ0) is 19.2. The van der Waals surface area contributed by atoms with Gasteiger partial charge in [-0.3, -0.25) is 9.79 Å². The minimum Gasteiger partial charge on any atom is -0.330 e. The maximum absolute atomic E-state index is 12.7.